The third-order valence-electron chi connectivity index (χ3n) is 4.16. The third-order valence-corrected chi connectivity index (χ3v) is 4.69. The molecule has 0 bridgehead atoms. The molecule has 1 saturated heterocycles. The molecule has 2 aromatic rings. The van der Waals surface area contributed by atoms with E-state index in [9.17, 15) is 9.59 Å². The van der Waals surface area contributed by atoms with Gasteiger partial charge in [-0.1, -0.05) is 15.9 Å². The number of nitrogens with zero attached hydrogens (tertiary/aromatic N) is 1. The molecule has 0 spiro atoms. The van der Waals surface area contributed by atoms with Crippen molar-refractivity contribution < 1.29 is 18.7 Å². The van der Waals surface area contributed by atoms with Gasteiger partial charge in [0.15, 0.2) is 5.76 Å². The lowest BCUT2D eigenvalue weighted by atomic mass is 10.0. The Kier molecular flexibility index (Phi) is 5.43. The van der Waals surface area contributed by atoms with Gasteiger partial charge in [-0.3, -0.25) is 9.59 Å². The number of hydrogen-bond donors (Lipinski definition) is 1. The Labute approximate surface area is 154 Å². The molecule has 1 fully saturated rings. The Morgan fingerprint density at radius 1 is 1.20 bits per heavy atom. The van der Waals surface area contributed by atoms with E-state index in [4.69, 9.17) is 14.9 Å². The standard InChI is InChI=1S/C18H19BrN2O4/c19-12-4-6-13(7-5-12)24-11-14-8-9-16(25-14)18(23)21-10-2-1-3-15(21)17(20)22/h4-9,15H,1-3,10-11H2,(H2,20,22). The number of rotatable bonds is 5. The Bertz CT molecular complexity index is 757. The monoisotopic (exact) mass is 406 g/mol. The fourth-order valence-corrected chi connectivity index (χ4v) is 3.13. The van der Waals surface area contributed by atoms with Gasteiger partial charge in [-0.05, 0) is 55.7 Å². The second kappa shape index (κ2) is 7.74. The molecule has 1 unspecified atom stereocenters. The molecule has 0 radical (unpaired) electrons. The van der Waals surface area contributed by atoms with Crippen LogP contribution in [0, 0.1) is 0 Å². The van der Waals surface area contributed by atoms with Crippen molar-refractivity contribution in [3.05, 3.63) is 52.4 Å². The molecular weight excluding hydrogens is 388 g/mol. The number of benzene rings is 1. The summed E-state index contributed by atoms with van der Waals surface area (Å²) in [6.45, 7) is 0.728. The average molecular weight is 407 g/mol. The smallest absolute Gasteiger partial charge is 0.290 e. The number of carbonyl (C=O) groups excluding carboxylic acids is 2. The summed E-state index contributed by atoms with van der Waals surface area (Å²) < 4.78 is 12.2. The highest BCUT2D eigenvalue weighted by Crippen LogP contribution is 2.22. The first kappa shape index (κ1) is 17.5. The topological polar surface area (TPSA) is 85.8 Å². The summed E-state index contributed by atoms with van der Waals surface area (Å²) in [5, 5.41) is 0. The van der Waals surface area contributed by atoms with E-state index < -0.39 is 11.9 Å². The summed E-state index contributed by atoms with van der Waals surface area (Å²) in [5.74, 6) is 0.663. The number of likely N-dealkylation sites (tertiary alicyclic amines) is 1. The number of carbonyl (C=O) groups is 2. The number of halogens is 1. The Morgan fingerprint density at radius 2 is 1.96 bits per heavy atom. The van der Waals surface area contributed by atoms with Crippen LogP contribution in [0.4, 0.5) is 0 Å². The first-order valence-corrected chi connectivity index (χ1v) is 8.91. The van der Waals surface area contributed by atoms with Crippen LogP contribution in [0.15, 0.2) is 45.3 Å². The summed E-state index contributed by atoms with van der Waals surface area (Å²) >= 11 is 3.36. The van der Waals surface area contributed by atoms with Crippen molar-refractivity contribution in [1.82, 2.24) is 4.90 Å². The largest absolute Gasteiger partial charge is 0.486 e. The zero-order valence-electron chi connectivity index (χ0n) is 13.6. The van der Waals surface area contributed by atoms with Crippen LogP contribution in [0.5, 0.6) is 5.75 Å². The Morgan fingerprint density at radius 3 is 2.68 bits per heavy atom. The average Bonchev–Trinajstić information content (AvgIpc) is 3.09. The predicted molar refractivity (Wildman–Crippen MR) is 95.1 cm³/mol. The van der Waals surface area contributed by atoms with Crippen molar-refractivity contribution in [2.45, 2.75) is 31.9 Å². The van der Waals surface area contributed by atoms with Gasteiger partial charge in [0.2, 0.25) is 5.91 Å². The van der Waals surface area contributed by atoms with Gasteiger partial charge in [0.1, 0.15) is 24.2 Å². The molecule has 1 aliphatic rings. The van der Waals surface area contributed by atoms with E-state index in [1.165, 1.54) is 4.90 Å². The summed E-state index contributed by atoms with van der Waals surface area (Å²) in [6, 6.07) is 10.2. The van der Waals surface area contributed by atoms with Crippen LogP contribution in [-0.4, -0.2) is 29.3 Å². The number of primary amides is 1. The third kappa shape index (κ3) is 4.22. The molecule has 6 nitrogen and oxygen atoms in total. The van der Waals surface area contributed by atoms with Crippen molar-refractivity contribution in [3.63, 3.8) is 0 Å². The second-order valence-electron chi connectivity index (χ2n) is 5.92. The van der Waals surface area contributed by atoms with Gasteiger partial charge >= 0.3 is 0 Å². The molecular formula is C18H19BrN2O4. The zero-order chi connectivity index (χ0) is 17.8. The number of piperidine rings is 1. The SMILES string of the molecule is NC(=O)C1CCCCN1C(=O)c1ccc(COc2ccc(Br)cc2)o1. The van der Waals surface area contributed by atoms with Gasteiger partial charge < -0.3 is 19.8 Å². The first-order valence-electron chi connectivity index (χ1n) is 8.12. The molecule has 1 atom stereocenters. The maximum Gasteiger partial charge on any atom is 0.290 e. The number of amides is 2. The van der Waals surface area contributed by atoms with E-state index in [2.05, 4.69) is 15.9 Å². The normalized spacial score (nSPS) is 17.3. The quantitative estimate of drug-likeness (QED) is 0.826. The summed E-state index contributed by atoms with van der Waals surface area (Å²) in [7, 11) is 0. The minimum Gasteiger partial charge on any atom is -0.486 e. The van der Waals surface area contributed by atoms with Gasteiger partial charge in [-0.2, -0.15) is 0 Å². The van der Waals surface area contributed by atoms with E-state index in [-0.39, 0.29) is 18.3 Å². The lowest BCUT2D eigenvalue weighted by molar-refractivity contribution is -0.123. The lowest BCUT2D eigenvalue weighted by Crippen LogP contribution is -2.50. The minimum atomic E-state index is -0.561. The molecule has 1 aliphatic heterocycles. The van der Waals surface area contributed by atoms with Crippen molar-refractivity contribution >= 4 is 27.7 Å². The van der Waals surface area contributed by atoms with E-state index in [0.29, 0.717) is 24.5 Å². The highest BCUT2D eigenvalue weighted by molar-refractivity contribution is 9.10. The molecule has 2 amide bonds. The maximum absolute atomic E-state index is 12.6. The summed E-state index contributed by atoms with van der Waals surface area (Å²) in [4.78, 5) is 25.7. The van der Waals surface area contributed by atoms with Gasteiger partial charge in [-0.25, -0.2) is 0 Å². The first-order chi connectivity index (χ1) is 12.0. The van der Waals surface area contributed by atoms with E-state index >= 15 is 0 Å². The van der Waals surface area contributed by atoms with Crippen molar-refractivity contribution in [2.24, 2.45) is 5.73 Å². The van der Waals surface area contributed by atoms with Gasteiger partial charge in [0, 0.05) is 11.0 Å². The molecule has 25 heavy (non-hydrogen) atoms. The van der Waals surface area contributed by atoms with Crippen molar-refractivity contribution in [2.75, 3.05) is 6.54 Å². The van der Waals surface area contributed by atoms with E-state index in [1.54, 1.807) is 12.1 Å². The Hall–Kier alpha value is -2.28. The molecule has 2 heterocycles. The fraction of sp³-hybridized carbons (Fsp3) is 0.333. The van der Waals surface area contributed by atoms with Gasteiger partial charge in [-0.15, -0.1) is 0 Å². The molecule has 2 N–H and O–H groups in total. The highest BCUT2D eigenvalue weighted by atomic mass is 79.9. The molecule has 1 aromatic carbocycles. The van der Waals surface area contributed by atoms with Crippen molar-refractivity contribution in [3.8, 4) is 5.75 Å². The number of hydrogen-bond acceptors (Lipinski definition) is 4. The molecule has 7 heteroatoms. The second-order valence-corrected chi connectivity index (χ2v) is 6.84. The lowest BCUT2D eigenvalue weighted by Gasteiger charge is -2.32. The summed E-state index contributed by atoms with van der Waals surface area (Å²) in [6.07, 6.45) is 2.35. The van der Waals surface area contributed by atoms with Crippen LogP contribution in [-0.2, 0) is 11.4 Å². The van der Waals surface area contributed by atoms with Gasteiger partial charge in [0.05, 0.1) is 0 Å². The molecule has 1 aromatic heterocycles. The van der Waals surface area contributed by atoms with Crippen LogP contribution >= 0.6 is 15.9 Å². The highest BCUT2D eigenvalue weighted by Gasteiger charge is 2.32. The van der Waals surface area contributed by atoms with Crippen LogP contribution in [0.2, 0.25) is 0 Å². The molecule has 3 rings (SSSR count). The van der Waals surface area contributed by atoms with Crippen LogP contribution in [0.25, 0.3) is 0 Å². The number of nitrogens with two attached hydrogens (primary N) is 1. The van der Waals surface area contributed by atoms with Crippen LogP contribution in [0.3, 0.4) is 0 Å². The molecule has 132 valence electrons. The molecule has 0 saturated carbocycles. The number of ether oxygens (including phenoxy) is 1. The van der Waals surface area contributed by atoms with Crippen LogP contribution < -0.4 is 10.5 Å². The van der Waals surface area contributed by atoms with Crippen molar-refractivity contribution in [1.29, 1.82) is 0 Å². The Balaban J connectivity index is 1.64. The van der Waals surface area contributed by atoms with Crippen LogP contribution in [0.1, 0.15) is 35.6 Å². The minimum absolute atomic E-state index is 0.197. The number of furan rings is 1. The van der Waals surface area contributed by atoms with Gasteiger partial charge in [0.25, 0.3) is 5.91 Å². The van der Waals surface area contributed by atoms with E-state index in [0.717, 1.165) is 17.3 Å². The summed E-state index contributed by atoms with van der Waals surface area (Å²) in [5.41, 5.74) is 5.41. The predicted octanol–water partition coefficient (Wildman–Crippen LogP) is 3.10. The molecule has 0 aliphatic carbocycles. The van der Waals surface area contributed by atoms with E-state index in [1.807, 2.05) is 24.3 Å². The maximum atomic E-state index is 12.6. The fourth-order valence-electron chi connectivity index (χ4n) is 2.87. The zero-order valence-corrected chi connectivity index (χ0v) is 15.2.